The predicted molar refractivity (Wildman–Crippen MR) is 343 cm³/mol. The Morgan fingerprint density at radius 1 is 0.266 bits per heavy atom. The van der Waals surface area contributed by atoms with Gasteiger partial charge >= 0.3 is 17.9 Å². The van der Waals surface area contributed by atoms with E-state index in [0.29, 0.717) is 19.3 Å². The summed E-state index contributed by atoms with van der Waals surface area (Å²) in [6.07, 6.45) is 92.1. The third kappa shape index (κ3) is 64.5. The highest BCUT2D eigenvalue weighted by Crippen LogP contribution is 2.16. The summed E-state index contributed by atoms with van der Waals surface area (Å²) in [6.45, 7) is 6.40. The van der Waals surface area contributed by atoms with Crippen LogP contribution in [-0.4, -0.2) is 37.2 Å². The highest BCUT2D eigenvalue weighted by Gasteiger charge is 2.19. The van der Waals surface area contributed by atoms with Crippen molar-refractivity contribution in [2.75, 3.05) is 13.2 Å². The van der Waals surface area contributed by atoms with E-state index >= 15 is 0 Å². The van der Waals surface area contributed by atoms with E-state index in [9.17, 15) is 14.4 Å². The summed E-state index contributed by atoms with van der Waals surface area (Å²) < 4.78 is 16.9. The van der Waals surface area contributed by atoms with Crippen molar-refractivity contribution in [2.24, 2.45) is 0 Å². The lowest BCUT2D eigenvalue weighted by atomic mass is 10.0. The molecule has 0 rings (SSSR count). The minimum absolute atomic E-state index is 0.0879. The van der Waals surface area contributed by atoms with Crippen LogP contribution < -0.4 is 0 Å². The molecule has 0 saturated heterocycles. The fourth-order valence-corrected chi connectivity index (χ4v) is 9.04. The molecule has 0 heterocycles. The molecule has 1 atom stereocenters. The highest BCUT2D eigenvalue weighted by molar-refractivity contribution is 5.71. The van der Waals surface area contributed by atoms with E-state index in [4.69, 9.17) is 14.2 Å². The molecule has 0 radical (unpaired) electrons. The SMILES string of the molecule is CC/C=C\C/C=C\C/C=C\C/C=C\C/C=C\CCCCCCCCCCCCCCCC(=O)OCC(COC(=O)CCCCCCC/C=C\CCCCCC)OC(=O)CCCCCCCC/C=C\C/C=C\C/C=C\C/C=C\CC. The monoisotopic (exact) mass is 1090 g/mol. The molecule has 0 aliphatic rings. The van der Waals surface area contributed by atoms with Crippen LogP contribution in [0.25, 0.3) is 0 Å². The van der Waals surface area contributed by atoms with Gasteiger partial charge in [0.1, 0.15) is 13.2 Å². The lowest BCUT2D eigenvalue weighted by molar-refractivity contribution is -0.167. The molecule has 79 heavy (non-hydrogen) atoms. The summed E-state index contributed by atoms with van der Waals surface area (Å²) in [6, 6.07) is 0. The van der Waals surface area contributed by atoms with E-state index in [1.807, 2.05) is 0 Å². The third-order valence-corrected chi connectivity index (χ3v) is 13.9. The Balaban J connectivity index is 4.30. The van der Waals surface area contributed by atoms with E-state index < -0.39 is 6.10 Å². The van der Waals surface area contributed by atoms with Crippen LogP contribution >= 0.6 is 0 Å². The number of allylic oxidation sites excluding steroid dienone is 20. The van der Waals surface area contributed by atoms with Gasteiger partial charge in [-0.3, -0.25) is 14.4 Å². The molecule has 450 valence electrons. The number of ether oxygens (including phenoxy) is 3. The first-order valence-electron chi connectivity index (χ1n) is 33.0. The van der Waals surface area contributed by atoms with Gasteiger partial charge in [-0.25, -0.2) is 0 Å². The fourth-order valence-electron chi connectivity index (χ4n) is 9.04. The molecule has 1 unspecified atom stereocenters. The second-order valence-electron chi connectivity index (χ2n) is 21.6. The second-order valence-corrected chi connectivity index (χ2v) is 21.6. The van der Waals surface area contributed by atoms with Crippen LogP contribution in [-0.2, 0) is 28.6 Å². The molecule has 0 N–H and O–H groups in total. The van der Waals surface area contributed by atoms with Gasteiger partial charge < -0.3 is 14.2 Å². The third-order valence-electron chi connectivity index (χ3n) is 13.9. The Hall–Kier alpha value is -4.19. The number of carbonyl (C=O) groups excluding carboxylic acids is 3. The summed E-state index contributed by atoms with van der Waals surface area (Å²) in [4.78, 5) is 38.3. The molecule has 0 amide bonds. The number of rotatable bonds is 59. The van der Waals surface area contributed by atoms with Crippen LogP contribution in [0, 0.1) is 0 Å². The Morgan fingerprint density at radius 2 is 0.494 bits per heavy atom. The average Bonchev–Trinajstić information content (AvgIpc) is 3.45. The molecule has 6 nitrogen and oxygen atoms in total. The number of esters is 3. The molecule has 0 aromatic carbocycles. The first-order valence-corrected chi connectivity index (χ1v) is 33.0. The Labute approximate surface area is 488 Å². The van der Waals surface area contributed by atoms with E-state index in [0.717, 1.165) is 135 Å². The summed E-state index contributed by atoms with van der Waals surface area (Å²) in [5, 5.41) is 0. The summed E-state index contributed by atoms with van der Waals surface area (Å²) >= 11 is 0. The number of hydrogen-bond acceptors (Lipinski definition) is 6. The van der Waals surface area contributed by atoms with E-state index in [2.05, 4.69) is 142 Å². The van der Waals surface area contributed by atoms with Crippen molar-refractivity contribution >= 4 is 17.9 Å². The zero-order valence-corrected chi connectivity index (χ0v) is 51.6. The summed E-state index contributed by atoms with van der Waals surface area (Å²) in [7, 11) is 0. The van der Waals surface area contributed by atoms with Crippen molar-refractivity contribution in [3.8, 4) is 0 Å². The molecule has 0 saturated carbocycles. The van der Waals surface area contributed by atoms with Crippen molar-refractivity contribution in [2.45, 2.75) is 309 Å². The second kappa shape index (κ2) is 66.3. The minimum atomic E-state index is -0.793. The zero-order valence-electron chi connectivity index (χ0n) is 51.6. The molecule has 0 aromatic heterocycles. The topological polar surface area (TPSA) is 78.9 Å². The van der Waals surface area contributed by atoms with Crippen molar-refractivity contribution in [1.82, 2.24) is 0 Å². The Kier molecular flexibility index (Phi) is 62.8. The zero-order chi connectivity index (χ0) is 57.1. The molecular formula is C73H122O6. The van der Waals surface area contributed by atoms with Crippen LogP contribution in [0.1, 0.15) is 303 Å². The largest absolute Gasteiger partial charge is 0.462 e. The molecule has 0 aliphatic heterocycles. The van der Waals surface area contributed by atoms with E-state index in [1.165, 1.54) is 128 Å². The smallest absolute Gasteiger partial charge is 0.306 e. The molecule has 0 fully saturated rings. The minimum Gasteiger partial charge on any atom is -0.462 e. The first kappa shape index (κ1) is 74.8. The highest BCUT2D eigenvalue weighted by atomic mass is 16.6. The van der Waals surface area contributed by atoms with Gasteiger partial charge in [0, 0.05) is 19.3 Å². The number of hydrogen-bond donors (Lipinski definition) is 0. The maximum Gasteiger partial charge on any atom is 0.306 e. The van der Waals surface area contributed by atoms with Crippen molar-refractivity contribution < 1.29 is 28.6 Å². The van der Waals surface area contributed by atoms with Gasteiger partial charge in [0.2, 0.25) is 0 Å². The van der Waals surface area contributed by atoms with Gasteiger partial charge in [0.25, 0.3) is 0 Å². The normalized spacial score (nSPS) is 12.9. The maximum absolute atomic E-state index is 12.9. The van der Waals surface area contributed by atoms with Gasteiger partial charge in [-0.15, -0.1) is 0 Å². The van der Waals surface area contributed by atoms with Gasteiger partial charge in [-0.05, 0) is 128 Å². The number of unbranched alkanes of at least 4 members (excludes halogenated alkanes) is 28. The van der Waals surface area contributed by atoms with E-state index in [-0.39, 0.29) is 31.1 Å². The van der Waals surface area contributed by atoms with Crippen molar-refractivity contribution in [3.63, 3.8) is 0 Å². The summed E-state index contributed by atoms with van der Waals surface area (Å²) in [5.41, 5.74) is 0. The fraction of sp³-hybridized carbons (Fsp3) is 0.685. The Morgan fingerprint density at radius 3 is 0.785 bits per heavy atom. The van der Waals surface area contributed by atoms with Crippen LogP contribution in [0.15, 0.2) is 122 Å². The molecule has 0 bridgehead atoms. The van der Waals surface area contributed by atoms with Crippen molar-refractivity contribution in [1.29, 1.82) is 0 Å². The van der Waals surface area contributed by atoms with Crippen LogP contribution in [0.3, 0.4) is 0 Å². The van der Waals surface area contributed by atoms with Gasteiger partial charge in [-0.2, -0.15) is 0 Å². The standard InChI is InChI=1S/C73H122O6/c1-4-7-10-13-16-19-22-25-27-29-31-32-33-34-35-36-37-38-39-40-42-43-45-48-51-54-57-60-63-66-72(75)78-69-70(68-77-71(74)65-62-59-56-53-50-47-24-21-18-15-12-9-6-3)79-73(76)67-64-61-58-55-52-49-46-44-41-30-28-26-23-20-17-14-11-8-5-2/h7-8,10-11,16-17,19-21,24-28,31-32,34-35,41,44,70H,4-6,9,12-15,18,22-23,29-30,33,36-40,42-43,45-69H2,1-3H3/b10-7-,11-8-,19-16-,20-17-,24-21-,27-25-,28-26-,32-31-,35-34-,44-41-. The Bertz CT molecular complexity index is 1640. The van der Waals surface area contributed by atoms with Crippen LogP contribution in [0.5, 0.6) is 0 Å². The average molecular weight is 1100 g/mol. The molecule has 0 spiro atoms. The maximum atomic E-state index is 12.9. The van der Waals surface area contributed by atoms with Crippen molar-refractivity contribution in [3.05, 3.63) is 122 Å². The molecular weight excluding hydrogens is 973 g/mol. The quantitative estimate of drug-likeness (QED) is 0.0261. The van der Waals surface area contributed by atoms with Gasteiger partial charge in [0.05, 0.1) is 0 Å². The lowest BCUT2D eigenvalue weighted by Gasteiger charge is -2.18. The lowest BCUT2D eigenvalue weighted by Crippen LogP contribution is -2.30. The predicted octanol–water partition coefficient (Wildman–Crippen LogP) is 22.8. The van der Waals surface area contributed by atoms with Crippen LogP contribution in [0.4, 0.5) is 0 Å². The van der Waals surface area contributed by atoms with Gasteiger partial charge in [-0.1, -0.05) is 277 Å². The van der Waals surface area contributed by atoms with Crippen LogP contribution in [0.2, 0.25) is 0 Å². The summed E-state index contributed by atoms with van der Waals surface area (Å²) in [5.74, 6) is -0.905. The van der Waals surface area contributed by atoms with E-state index in [1.54, 1.807) is 0 Å². The van der Waals surface area contributed by atoms with Gasteiger partial charge in [0.15, 0.2) is 6.10 Å². The molecule has 6 heteroatoms. The first-order chi connectivity index (χ1) is 39.0. The molecule has 0 aliphatic carbocycles. The molecule has 0 aromatic rings. The number of carbonyl (C=O) groups is 3.